The van der Waals surface area contributed by atoms with Crippen molar-refractivity contribution in [2.45, 2.75) is 38.5 Å². The molecule has 1 aromatic heterocycles. The highest BCUT2D eigenvalue weighted by Crippen LogP contribution is 2.32. The average molecular weight is 467 g/mol. The minimum absolute atomic E-state index is 0.0651. The van der Waals surface area contributed by atoms with E-state index in [-0.39, 0.29) is 23.7 Å². The number of piperidine rings is 1. The Labute approximate surface area is 198 Å². The van der Waals surface area contributed by atoms with Gasteiger partial charge < -0.3 is 9.47 Å². The van der Waals surface area contributed by atoms with E-state index in [4.69, 9.17) is 9.47 Å². The molecule has 34 heavy (non-hydrogen) atoms. The molecule has 3 aromatic rings. The number of esters is 1. The molecular formula is C27H28F2N2O3. The number of pyridine rings is 1. The van der Waals surface area contributed by atoms with Gasteiger partial charge in [-0.05, 0) is 55.7 Å². The lowest BCUT2D eigenvalue weighted by Crippen LogP contribution is -2.37. The van der Waals surface area contributed by atoms with Gasteiger partial charge in [-0.2, -0.15) is 0 Å². The molecule has 0 saturated carbocycles. The van der Waals surface area contributed by atoms with E-state index in [1.165, 1.54) is 18.2 Å². The first-order valence-electron chi connectivity index (χ1n) is 11.5. The molecule has 1 aliphatic heterocycles. The van der Waals surface area contributed by atoms with Gasteiger partial charge in [0.05, 0.1) is 24.0 Å². The molecule has 178 valence electrons. The summed E-state index contributed by atoms with van der Waals surface area (Å²) in [6, 6.07) is 16.0. The summed E-state index contributed by atoms with van der Waals surface area (Å²) in [5.74, 6) is -1.04. The van der Waals surface area contributed by atoms with Crippen LogP contribution in [0.25, 0.3) is 0 Å². The molecule has 1 aliphatic rings. The van der Waals surface area contributed by atoms with Crippen LogP contribution in [0.2, 0.25) is 0 Å². The van der Waals surface area contributed by atoms with E-state index in [1.54, 1.807) is 55.6 Å². The maximum Gasteiger partial charge on any atom is 0.338 e. The fourth-order valence-electron chi connectivity index (χ4n) is 4.19. The van der Waals surface area contributed by atoms with E-state index >= 15 is 0 Å². The van der Waals surface area contributed by atoms with Gasteiger partial charge >= 0.3 is 5.97 Å². The third-order valence-electron chi connectivity index (χ3n) is 5.94. The SMILES string of the molecule is CCOC(=O)c1ccnc(CN2CCC(OC(c3ccc(F)cc3)c3ccccc3F)CC2)c1. The van der Waals surface area contributed by atoms with Crippen LogP contribution in [0.5, 0.6) is 0 Å². The second kappa shape index (κ2) is 11.3. The maximum absolute atomic E-state index is 14.6. The normalized spacial score (nSPS) is 15.7. The topological polar surface area (TPSA) is 51.7 Å². The van der Waals surface area contributed by atoms with E-state index in [1.807, 2.05) is 0 Å². The van der Waals surface area contributed by atoms with Gasteiger partial charge in [0.2, 0.25) is 0 Å². The highest BCUT2D eigenvalue weighted by Gasteiger charge is 2.26. The number of halogens is 2. The van der Waals surface area contributed by atoms with Crippen molar-refractivity contribution in [3.8, 4) is 0 Å². The summed E-state index contributed by atoms with van der Waals surface area (Å²) in [5, 5.41) is 0. The highest BCUT2D eigenvalue weighted by atomic mass is 19.1. The number of hydrogen-bond donors (Lipinski definition) is 0. The lowest BCUT2D eigenvalue weighted by atomic mass is 9.99. The van der Waals surface area contributed by atoms with Crippen molar-refractivity contribution in [3.63, 3.8) is 0 Å². The molecule has 2 heterocycles. The van der Waals surface area contributed by atoms with Crippen molar-refractivity contribution < 1.29 is 23.0 Å². The molecule has 0 radical (unpaired) electrons. The number of nitrogens with zero attached hydrogens (tertiary/aromatic N) is 2. The number of benzene rings is 2. The van der Waals surface area contributed by atoms with Crippen molar-refractivity contribution in [1.82, 2.24) is 9.88 Å². The maximum atomic E-state index is 14.6. The summed E-state index contributed by atoms with van der Waals surface area (Å²) in [4.78, 5) is 18.6. The van der Waals surface area contributed by atoms with Crippen LogP contribution in [-0.4, -0.2) is 41.7 Å². The van der Waals surface area contributed by atoms with Crippen LogP contribution in [0, 0.1) is 11.6 Å². The van der Waals surface area contributed by atoms with Gasteiger partial charge in [0.1, 0.15) is 17.7 Å². The fourth-order valence-corrected chi connectivity index (χ4v) is 4.19. The standard InChI is InChI=1S/C27H28F2N2O3/c1-2-33-27(32)20-11-14-30-22(17-20)18-31-15-12-23(13-16-31)34-26(19-7-9-21(28)10-8-19)24-5-3-4-6-25(24)29/h3-11,14,17,23,26H,2,12-13,15-16,18H2,1H3. The molecule has 5 nitrogen and oxygen atoms in total. The molecule has 1 atom stereocenters. The van der Waals surface area contributed by atoms with Crippen molar-refractivity contribution in [1.29, 1.82) is 0 Å². The zero-order chi connectivity index (χ0) is 23.9. The fraction of sp³-hybridized carbons (Fsp3) is 0.333. The number of carbonyl (C=O) groups excluding carboxylic acids is 1. The molecule has 7 heteroatoms. The highest BCUT2D eigenvalue weighted by molar-refractivity contribution is 5.89. The van der Waals surface area contributed by atoms with Gasteiger partial charge in [-0.15, -0.1) is 0 Å². The van der Waals surface area contributed by atoms with Gasteiger partial charge in [-0.3, -0.25) is 9.88 Å². The summed E-state index contributed by atoms with van der Waals surface area (Å²) < 4.78 is 39.5. The van der Waals surface area contributed by atoms with Crippen molar-refractivity contribution in [3.05, 3.63) is 101 Å². The number of likely N-dealkylation sites (tertiary alicyclic amines) is 1. The van der Waals surface area contributed by atoms with Crippen molar-refractivity contribution >= 4 is 5.97 Å². The Morgan fingerprint density at radius 1 is 1.09 bits per heavy atom. The van der Waals surface area contributed by atoms with Gasteiger partial charge in [-0.1, -0.05) is 30.3 Å². The van der Waals surface area contributed by atoms with Crippen molar-refractivity contribution in [2.24, 2.45) is 0 Å². The molecule has 2 aromatic carbocycles. The second-order valence-corrected chi connectivity index (χ2v) is 8.32. The molecule has 0 aliphatic carbocycles. The Hall–Kier alpha value is -3.16. The van der Waals surface area contributed by atoms with Crippen LogP contribution < -0.4 is 0 Å². The molecular weight excluding hydrogens is 438 g/mol. The number of rotatable bonds is 8. The minimum Gasteiger partial charge on any atom is -0.462 e. The molecule has 0 amide bonds. The third-order valence-corrected chi connectivity index (χ3v) is 5.94. The predicted molar refractivity (Wildman–Crippen MR) is 124 cm³/mol. The third kappa shape index (κ3) is 6.04. The van der Waals surface area contributed by atoms with E-state index in [9.17, 15) is 13.6 Å². The monoisotopic (exact) mass is 466 g/mol. The second-order valence-electron chi connectivity index (χ2n) is 8.32. The Bertz CT molecular complexity index is 1100. The predicted octanol–water partition coefficient (Wildman–Crippen LogP) is 5.31. The summed E-state index contributed by atoms with van der Waals surface area (Å²) in [6.07, 6.45) is 2.48. The number of aromatic nitrogens is 1. The first-order chi connectivity index (χ1) is 16.5. The lowest BCUT2D eigenvalue weighted by Gasteiger charge is -2.34. The minimum atomic E-state index is -0.610. The van der Waals surface area contributed by atoms with Crippen LogP contribution in [0.15, 0.2) is 66.9 Å². The summed E-state index contributed by atoms with van der Waals surface area (Å²) in [5.41, 5.74) is 2.46. The van der Waals surface area contributed by atoms with E-state index in [0.717, 1.165) is 31.6 Å². The summed E-state index contributed by atoms with van der Waals surface area (Å²) >= 11 is 0. The average Bonchev–Trinajstić information content (AvgIpc) is 2.85. The Morgan fingerprint density at radius 2 is 1.82 bits per heavy atom. The van der Waals surface area contributed by atoms with Crippen molar-refractivity contribution in [2.75, 3.05) is 19.7 Å². The first-order valence-corrected chi connectivity index (χ1v) is 11.5. The Kier molecular flexibility index (Phi) is 7.98. The molecule has 1 unspecified atom stereocenters. The van der Waals surface area contributed by atoms with E-state index in [0.29, 0.717) is 29.8 Å². The quantitative estimate of drug-likeness (QED) is 0.422. The Morgan fingerprint density at radius 3 is 2.53 bits per heavy atom. The van der Waals surface area contributed by atoms with Crippen LogP contribution >= 0.6 is 0 Å². The number of ether oxygens (including phenoxy) is 2. The lowest BCUT2D eigenvalue weighted by molar-refractivity contribution is -0.0294. The first kappa shape index (κ1) is 24.0. The molecule has 1 fully saturated rings. The van der Waals surface area contributed by atoms with Crippen LogP contribution in [0.3, 0.4) is 0 Å². The van der Waals surface area contributed by atoms with Gasteiger partial charge in [0.15, 0.2) is 0 Å². The number of carbonyl (C=O) groups is 1. The van der Waals surface area contributed by atoms with Crippen LogP contribution in [0.1, 0.15) is 53.0 Å². The molecule has 0 spiro atoms. The van der Waals surface area contributed by atoms with Gasteiger partial charge in [0.25, 0.3) is 0 Å². The molecule has 4 rings (SSSR count). The largest absolute Gasteiger partial charge is 0.462 e. The molecule has 0 N–H and O–H groups in total. The van der Waals surface area contributed by atoms with Crippen LogP contribution in [0.4, 0.5) is 8.78 Å². The van der Waals surface area contributed by atoms with Gasteiger partial charge in [-0.25, -0.2) is 13.6 Å². The van der Waals surface area contributed by atoms with Gasteiger partial charge in [0, 0.05) is 31.4 Å². The summed E-state index contributed by atoms with van der Waals surface area (Å²) in [7, 11) is 0. The van der Waals surface area contributed by atoms with Crippen LogP contribution in [-0.2, 0) is 16.0 Å². The summed E-state index contributed by atoms with van der Waals surface area (Å²) in [6.45, 7) is 4.29. The number of hydrogen-bond acceptors (Lipinski definition) is 5. The van der Waals surface area contributed by atoms with E-state index in [2.05, 4.69) is 9.88 Å². The molecule has 0 bridgehead atoms. The Balaban J connectivity index is 1.40. The van der Waals surface area contributed by atoms with E-state index < -0.39 is 6.10 Å². The zero-order valence-corrected chi connectivity index (χ0v) is 19.1. The molecule has 1 saturated heterocycles. The zero-order valence-electron chi connectivity index (χ0n) is 19.1. The smallest absolute Gasteiger partial charge is 0.338 e.